The summed E-state index contributed by atoms with van der Waals surface area (Å²) >= 11 is 0. The first-order valence-corrected chi connectivity index (χ1v) is 13.4. The molecule has 0 aliphatic heterocycles. The maximum Gasteiger partial charge on any atom is 0.255 e. The van der Waals surface area contributed by atoms with Gasteiger partial charge in [-0.05, 0) is 55.4 Å². The minimum atomic E-state index is -0.0926. The highest BCUT2D eigenvalue weighted by Gasteiger charge is 2.24. The Morgan fingerprint density at radius 2 is 1.81 bits per heavy atom. The molecule has 7 heteroatoms. The van der Waals surface area contributed by atoms with E-state index in [0.717, 1.165) is 40.8 Å². The SMILES string of the molecule is O=C(NCc1ccc(-n2ccnc2)cc1)c1cnc2[nH]c(C3CCCC3)cc2c1NC1CCCCC1. The molecule has 0 atom stereocenters. The van der Waals surface area contributed by atoms with Crippen LogP contribution in [0.5, 0.6) is 0 Å². The van der Waals surface area contributed by atoms with Gasteiger partial charge in [0.05, 0.1) is 17.6 Å². The van der Waals surface area contributed by atoms with E-state index in [0.29, 0.717) is 24.1 Å². The molecule has 0 saturated heterocycles. The number of rotatable bonds is 7. The Morgan fingerprint density at radius 3 is 2.56 bits per heavy atom. The monoisotopic (exact) mass is 482 g/mol. The van der Waals surface area contributed by atoms with Crippen molar-refractivity contribution in [2.75, 3.05) is 5.32 Å². The van der Waals surface area contributed by atoms with E-state index >= 15 is 0 Å². The molecule has 36 heavy (non-hydrogen) atoms. The summed E-state index contributed by atoms with van der Waals surface area (Å²) in [5.74, 6) is 0.481. The highest BCUT2D eigenvalue weighted by atomic mass is 16.1. The Kier molecular flexibility index (Phi) is 6.45. The molecule has 186 valence electrons. The zero-order valence-electron chi connectivity index (χ0n) is 20.7. The number of hydrogen-bond acceptors (Lipinski definition) is 4. The van der Waals surface area contributed by atoms with E-state index in [-0.39, 0.29) is 5.91 Å². The normalized spacial score (nSPS) is 17.0. The lowest BCUT2D eigenvalue weighted by molar-refractivity contribution is 0.0951. The summed E-state index contributed by atoms with van der Waals surface area (Å²) in [6, 6.07) is 10.8. The predicted octanol–water partition coefficient (Wildman–Crippen LogP) is 6.08. The largest absolute Gasteiger partial charge is 0.381 e. The van der Waals surface area contributed by atoms with Crippen LogP contribution in [0.1, 0.15) is 85.3 Å². The average Bonchev–Trinajstić information content (AvgIpc) is 3.70. The number of hydrogen-bond donors (Lipinski definition) is 3. The topological polar surface area (TPSA) is 87.6 Å². The molecule has 3 aromatic heterocycles. The third-order valence-electron chi connectivity index (χ3n) is 7.86. The highest BCUT2D eigenvalue weighted by Crippen LogP contribution is 2.37. The van der Waals surface area contributed by atoms with Gasteiger partial charge >= 0.3 is 0 Å². The van der Waals surface area contributed by atoms with Crippen molar-refractivity contribution in [3.63, 3.8) is 0 Å². The molecular weight excluding hydrogens is 448 g/mol. The van der Waals surface area contributed by atoms with Crippen molar-refractivity contribution < 1.29 is 4.79 Å². The summed E-state index contributed by atoms with van der Waals surface area (Å²) in [5, 5.41) is 7.94. The lowest BCUT2D eigenvalue weighted by Gasteiger charge is -2.25. The van der Waals surface area contributed by atoms with Gasteiger partial charge in [0.15, 0.2) is 0 Å². The van der Waals surface area contributed by atoms with Crippen LogP contribution >= 0.6 is 0 Å². The number of fused-ring (bicyclic) bond motifs is 1. The van der Waals surface area contributed by atoms with Gasteiger partial charge in [0.1, 0.15) is 5.65 Å². The average molecular weight is 483 g/mol. The second-order valence-electron chi connectivity index (χ2n) is 10.3. The van der Waals surface area contributed by atoms with Crippen molar-refractivity contribution >= 4 is 22.6 Å². The molecular formula is C29H34N6O. The van der Waals surface area contributed by atoms with Gasteiger partial charge < -0.3 is 20.2 Å². The zero-order valence-corrected chi connectivity index (χ0v) is 20.7. The quantitative estimate of drug-likeness (QED) is 0.298. The van der Waals surface area contributed by atoms with Gasteiger partial charge in [0.25, 0.3) is 5.91 Å². The summed E-state index contributed by atoms with van der Waals surface area (Å²) in [5.41, 5.74) is 5.79. The van der Waals surface area contributed by atoms with Crippen LogP contribution in [0.3, 0.4) is 0 Å². The van der Waals surface area contributed by atoms with Crippen molar-refractivity contribution in [3.05, 3.63) is 72.1 Å². The van der Waals surface area contributed by atoms with Crippen molar-refractivity contribution in [1.29, 1.82) is 0 Å². The Morgan fingerprint density at radius 1 is 1.03 bits per heavy atom. The minimum absolute atomic E-state index is 0.0926. The first-order valence-electron chi connectivity index (χ1n) is 13.4. The van der Waals surface area contributed by atoms with E-state index in [2.05, 4.69) is 31.7 Å². The van der Waals surface area contributed by atoms with Crippen LogP contribution in [0.4, 0.5) is 5.69 Å². The van der Waals surface area contributed by atoms with Gasteiger partial charge in [-0.25, -0.2) is 9.97 Å². The smallest absolute Gasteiger partial charge is 0.255 e. The summed E-state index contributed by atoms with van der Waals surface area (Å²) in [6.45, 7) is 0.463. The van der Waals surface area contributed by atoms with Gasteiger partial charge in [-0.15, -0.1) is 0 Å². The summed E-state index contributed by atoms with van der Waals surface area (Å²) in [4.78, 5) is 25.8. The molecule has 2 aliphatic rings. The molecule has 3 heterocycles. The molecule has 1 amide bonds. The predicted molar refractivity (Wildman–Crippen MR) is 143 cm³/mol. The maximum absolute atomic E-state index is 13.4. The first-order chi connectivity index (χ1) is 17.7. The lowest BCUT2D eigenvalue weighted by Crippen LogP contribution is -2.27. The number of nitrogens with zero attached hydrogens (tertiary/aromatic N) is 3. The van der Waals surface area contributed by atoms with E-state index in [1.54, 1.807) is 18.7 Å². The van der Waals surface area contributed by atoms with Gasteiger partial charge in [-0.2, -0.15) is 0 Å². The Labute approximate surface area is 211 Å². The molecule has 0 radical (unpaired) electrons. The number of aromatic amines is 1. The lowest BCUT2D eigenvalue weighted by atomic mass is 9.95. The number of amides is 1. The van der Waals surface area contributed by atoms with E-state index in [1.807, 2.05) is 35.0 Å². The van der Waals surface area contributed by atoms with Gasteiger partial charge in [0.2, 0.25) is 0 Å². The van der Waals surface area contributed by atoms with E-state index in [4.69, 9.17) is 0 Å². The van der Waals surface area contributed by atoms with Gasteiger partial charge in [-0.1, -0.05) is 44.2 Å². The third kappa shape index (κ3) is 4.74. The fraction of sp³-hybridized carbons (Fsp3) is 0.414. The Bertz CT molecular complexity index is 1310. The van der Waals surface area contributed by atoms with Crippen LogP contribution < -0.4 is 10.6 Å². The summed E-state index contributed by atoms with van der Waals surface area (Å²) in [6.07, 6.45) is 18.3. The van der Waals surface area contributed by atoms with Crippen LogP contribution in [-0.4, -0.2) is 31.5 Å². The molecule has 6 rings (SSSR count). The number of nitrogens with one attached hydrogen (secondary N) is 3. The number of carbonyl (C=O) groups excluding carboxylic acids is 1. The minimum Gasteiger partial charge on any atom is -0.381 e. The molecule has 2 aliphatic carbocycles. The molecule has 0 bridgehead atoms. The van der Waals surface area contributed by atoms with Gasteiger partial charge in [0, 0.05) is 47.9 Å². The number of benzene rings is 1. The number of pyridine rings is 1. The Hall–Kier alpha value is -3.61. The number of aromatic nitrogens is 4. The van der Waals surface area contributed by atoms with E-state index in [1.165, 1.54) is 50.6 Å². The molecule has 0 spiro atoms. The number of H-pyrrole nitrogens is 1. The van der Waals surface area contributed by atoms with Crippen molar-refractivity contribution in [2.45, 2.75) is 76.3 Å². The molecule has 3 N–H and O–H groups in total. The molecule has 2 saturated carbocycles. The van der Waals surface area contributed by atoms with Crippen LogP contribution in [0.2, 0.25) is 0 Å². The summed E-state index contributed by atoms with van der Waals surface area (Å²) in [7, 11) is 0. The van der Waals surface area contributed by atoms with Crippen LogP contribution in [-0.2, 0) is 6.54 Å². The van der Waals surface area contributed by atoms with Crippen LogP contribution in [0.25, 0.3) is 16.7 Å². The number of carbonyl (C=O) groups is 1. The number of imidazole rings is 1. The van der Waals surface area contributed by atoms with Crippen LogP contribution in [0, 0.1) is 0 Å². The Balaban J connectivity index is 1.24. The molecule has 7 nitrogen and oxygen atoms in total. The fourth-order valence-corrected chi connectivity index (χ4v) is 5.81. The second-order valence-corrected chi connectivity index (χ2v) is 10.3. The van der Waals surface area contributed by atoms with E-state index < -0.39 is 0 Å². The maximum atomic E-state index is 13.4. The standard InChI is InChI=1S/C29H34N6O/c36-29(32-17-20-10-12-23(13-11-20)35-15-14-30-19-35)25-18-31-28-24(16-26(34-28)21-6-4-5-7-21)27(25)33-22-8-2-1-3-9-22/h10-16,18-19,21-22H,1-9,17H2,(H,32,36)(H2,31,33,34). The van der Waals surface area contributed by atoms with Crippen molar-refractivity contribution in [3.8, 4) is 5.69 Å². The van der Waals surface area contributed by atoms with Crippen LogP contribution in [0.15, 0.2) is 55.2 Å². The second kappa shape index (κ2) is 10.2. The molecule has 0 unspecified atom stereocenters. The van der Waals surface area contributed by atoms with E-state index in [9.17, 15) is 4.79 Å². The zero-order chi connectivity index (χ0) is 24.3. The van der Waals surface area contributed by atoms with Gasteiger partial charge in [-0.3, -0.25) is 4.79 Å². The van der Waals surface area contributed by atoms with Crippen molar-refractivity contribution in [2.24, 2.45) is 0 Å². The summed E-state index contributed by atoms with van der Waals surface area (Å²) < 4.78 is 1.96. The highest BCUT2D eigenvalue weighted by molar-refractivity contribution is 6.06. The third-order valence-corrected chi connectivity index (χ3v) is 7.86. The molecule has 2 fully saturated rings. The molecule has 4 aromatic rings. The fourth-order valence-electron chi connectivity index (χ4n) is 5.81. The molecule has 1 aromatic carbocycles. The first kappa shape index (κ1) is 22.8. The van der Waals surface area contributed by atoms with Crippen molar-refractivity contribution in [1.82, 2.24) is 24.8 Å². The number of anilines is 1.